The van der Waals surface area contributed by atoms with Crippen LogP contribution < -0.4 is 0 Å². The third-order valence-electron chi connectivity index (χ3n) is 4.61. The topological polar surface area (TPSA) is 0 Å². The molecule has 1 aliphatic rings. The van der Waals surface area contributed by atoms with Crippen LogP contribution in [0.1, 0.15) is 35.4 Å². The van der Waals surface area contributed by atoms with E-state index in [4.69, 9.17) is 11.6 Å². The van der Waals surface area contributed by atoms with E-state index in [-0.39, 0.29) is 0 Å². The first-order valence-electron chi connectivity index (χ1n) is 7.59. The van der Waals surface area contributed by atoms with Crippen molar-refractivity contribution < 1.29 is 0 Å². The third-order valence-corrected chi connectivity index (χ3v) is 4.92. The van der Waals surface area contributed by atoms with E-state index < -0.39 is 0 Å². The van der Waals surface area contributed by atoms with Gasteiger partial charge in [-0.05, 0) is 47.4 Å². The molecule has 3 aromatic carbocycles. The van der Waals surface area contributed by atoms with Gasteiger partial charge in [0.25, 0.3) is 0 Å². The molecule has 0 spiro atoms. The number of rotatable bonds is 1. The summed E-state index contributed by atoms with van der Waals surface area (Å²) < 4.78 is 0. The van der Waals surface area contributed by atoms with Crippen molar-refractivity contribution in [2.75, 3.05) is 0 Å². The molecule has 0 nitrogen and oxygen atoms in total. The van der Waals surface area contributed by atoms with Crippen LogP contribution in [-0.2, 0) is 6.42 Å². The molecule has 0 fully saturated rings. The van der Waals surface area contributed by atoms with E-state index in [1.54, 1.807) is 0 Å². The Hall–Kier alpha value is -1.79. The molecule has 0 aromatic heterocycles. The standard InChI is InChI=1S/C20H17Cl/c21-20-13-16(12-15-7-2-4-10-19(15)20)18-11-5-8-14-6-1-3-9-17(14)18/h1-4,6-7,9-10,12-13,18H,5,8,11H2. The summed E-state index contributed by atoms with van der Waals surface area (Å²) in [7, 11) is 0. The van der Waals surface area contributed by atoms with Gasteiger partial charge in [-0.3, -0.25) is 0 Å². The summed E-state index contributed by atoms with van der Waals surface area (Å²) >= 11 is 6.51. The molecule has 1 atom stereocenters. The van der Waals surface area contributed by atoms with Gasteiger partial charge >= 0.3 is 0 Å². The van der Waals surface area contributed by atoms with Gasteiger partial charge in [0.1, 0.15) is 0 Å². The molecular formula is C20H17Cl. The first kappa shape index (κ1) is 12.9. The lowest BCUT2D eigenvalue weighted by Gasteiger charge is -2.26. The maximum atomic E-state index is 6.51. The molecule has 1 aliphatic carbocycles. The van der Waals surface area contributed by atoms with Crippen molar-refractivity contribution in [1.82, 2.24) is 0 Å². The average molecular weight is 293 g/mol. The highest BCUT2D eigenvalue weighted by atomic mass is 35.5. The largest absolute Gasteiger partial charge is 0.0837 e. The predicted octanol–water partition coefficient (Wildman–Crippen LogP) is 5.96. The van der Waals surface area contributed by atoms with Gasteiger partial charge in [-0.15, -0.1) is 0 Å². The molecule has 1 unspecified atom stereocenters. The van der Waals surface area contributed by atoms with Crippen LogP contribution in [0.3, 0.4) is 0 Å². The highest BCUT2D eigenvalue weighted by Gasteiger charge is 2.22. The third kappa shape index (κ3) is 2.24. The summed E-state index contributed by atoms with van der Waals surface area (Å²) in [5.74, 6) is 0.483. The van der Waals surface area contributed by atoms with Crippen LogP contribution in [0.5, 0.6) is 0 Å². The minimum atomic E-state index is 0.483. The molecule has 0 radical (unpaired) electrons. The number of hydrogen-bond acceptors (Lipinski definition) is 0. The number of halogens is 1. The van der Waals surface area contributed by atoms with Crippen molar-refractivity contribution in [2.45, 2.75) is 25.2 Å². The Kier molecular flexibility index (Phi) is 3.20. The highest BCUT2D eigenvalue weighted by Crippen LogP contribution is 2.39. The van der Waals surface area contributed by atoms with Gasteiger partial charge in [0.15, 0.2) is 0 Å². The fourth-order valence-corrected chi connectivity index (χ4v) is 3.89. The fraction of sp³-hybridized carbons (Fsp3) is 0.200. The van der Waals surface area contributed by atoms with E-state index >= 15 is 0 Å². The zero-order valence-corrected chi connectivity index (χ0v) is 12.6. The second-order valence-corrected chi connectivity index (χ2v) is 6.27. The minimum absolute atomic E-state index is 0.483. The maximum absolute atomic E-state index is 6.51. The van der Waals surface area contributed by atoms with Gasteiger partial charge in [0, 0.05) is 16.3 Å². The number of fused-ring (bicyclic) bond motifs is 2. The zero-order chi connectivity index (χ0) is 14.2. The highest BCUT2D eigenvalue weighted by molar-refractivity contribution is 6.35. The van der Waals surface area contributed by atoms with E-state index in [1.807, 2.05) is 6.07 Å². The molecule has 0 saturated heterocycles. The normalized spacial score (nSPS) is 17.7. The summed E-state index contributed by atoms with van der Waals surface area (Å²) in [5.41, 5.74) is 4.33. The van der Waals surface area contributed by atoms with E-state index in [0.29, 0.717) is 5.92 Å². The van der Waals surface area contributed by atoms with Crippen LogP contribution in [0, 0.1) is 0 Å². The molecule has 0 saturated carbocycles. The summed E-state index contributed by atoms with van der Waals surface area (Å²) in [6.45, 7) is 0. The Bertz CT molecular complexity index is 804. The van der Waals surface area contributed by atoms with Crippen molar-refractivity contribution in [3.63, 3.8) is 0 Å². The SMILES string of the molecule is Clc1cc(C2CCCc3ccccc32)cc2ccccc12. The zero-order valence-electron chi connectivity index (χ0n) is 11.9. The smallest absolute Gasteiger partial charge is 0.0487 e. The second kappa shape index (κ2) is 5.20. The van der Waals surface area contributed by atoms with Crippen molar-refractivity contribution in [3.8, 4) is 0 Å². The fourth-order valence-electron chi connectivity index (χ4n) is 3.59. The van der Waals surface area contributed by atoms with E-state index in [1.165, 1.54) is 41.3 Å². The molecule has 104 valence electrons. The van der Waals surface area contributed by atoms with Crippen LogP contribution >= 0.6 is 11.6 Å². The van der Waals surface area contributed by atoms with Crippen molar-refractivity contribution in [3.05, 3.63) is 82.4 Å². The molecular weight excluding hydrogens is 276 g/mol. The van der Waals surface area contributed by atoms with Crippen molar-refractivity contribution >= 4 is 22.4 Å². The Morgan fingerprint density at radius 3 is 2.67 bits per heavy atom. The Labute approximate surface area is 130 Å². The lowest BCUT2D eigenvalue weighted by Crippen LogP contribution is -2.10. The molecule has 0 heterocycles. The number of hydrogen-bond donors (Lipinski definition) is 0. The molecule has 1 heteroatoms. The second-order valence-electron chi connectivity index (χ2n) is 5.87. The molecule has 0 aliphatic heterocycles. The minimum Gasteiger partial charge on any atom is -0.0837 e. The van der Waals surface area contributed by atoms with E-state index in [0.717, 1.165) is 10.4 Å². The first-order chi connectivity index (χ1) is 10.3. The lowest BCUT2D eigenvalue weighted by molar-refractivity contribution is 0.616. The molecule has 3 aromatic rings. The summed E-state index contributed by atoms with van der Waals surface area (Å²) in [6.07, 6.45) is 3.67. The number of benzene rings is 3. The molecule has 4 rings (SSSR count). The average Bonchev–Trinajstić information content (AvgIpc) is 2.54. The van der Waals surface area contributed by atoms with Gasteiger partial charge in [-0.2, -0.15) is 0 Å². The number of aryl methyl sites for hydroxylation is 1. The molecule has 0 amide bonds. The molecule has 21 heavy (non-hydrogen) atoms. The Balaban J connectivity index is 1.88. The monoisotopic (exact) mass is 292 g/mol. The first-order valence-corrected chi connectivity index (χ1v) is 7.97. The Morgan fingerprint density at radius 2 is 1.71 bits per heavy atom. The van der Waals surface area contributed by atoms with Crippen LogP contribution in [0.4, 0.5) is 0 Å². The van der Waals surface area contributed by atoms with Gasteiger partial charge in [-0.25, -0.2) is 0 Å². The summed E-state index contributed by atoms with van der Waals surface area (Å²) in [5, 5.41) is 3.25. The predicted molar refractivity (Wildman–Crippen MR) is 90.2 cm³/mol. The van der Waals surface area contributed by atoms with Gasteiger partial charge in [0.05, 0.1) is 0 Å². The van der Waals surface area contributed by atoms with Crippen LogP contribution in [-0.4, -0.2) is 0 Å². The van der Waals surface area contributed by atoms with Gasteiger partial charge < -0.3 is 0 Å². The van der Waals surface area contributed by atoms with Gasteiger partial charge in [0.2, 0.25) is 0 Å². The van der Waals surface area contributed by atoms with Gasteiger partial charge in [-0.1, -0.05) is 66.2 Å². The van der Waals surface area contributed by atoms with Crippen LogP contribution in [0.2, 0.25) is 5.02 Å². The van der Waals surface area contributed by atoms with Crippen LogP contribution in [0.25, 0.3) is 10.8 Å². The quantitative estimate of drug-likeness (QED) is 0.519. The Morgan fingerprint density at radius 1 is 0.905 bits per heavy atom. The molecule has 0 bridgehead atoms. The lowest BCUT2D eigenvalue weighted by atomic mass is 9.78. The van der Waals surface area contributed by atoms with Crippen molar-refractivity contribution in [2.24, 2.45) is 0 Å². The van der Waals surface area contributed by atoms with Crippen molar-refractivity contribution in [1.29, 1.82) is 0 Å². The molecule has 0 N–H and O–H groups in total. The maximum Gasteiger partial charge on any atom is 0.0487 e. The van der Waals surface area contributed by atoms with E-state index in [2.05, 4.69) is 54.6 Å². The van der Waals surface area contributed by atoms with E-state index in [9.17, 15) is 0 Å². The summed E-state index contributed by atoms with van der Waals surface area (Å²) in [6, 6.07) is 21.7. The van der Waals surface area contributed by atoms with Crippen LogP contribution in [0.15, 0.2) is 60.7 Å². The summed E-state index contributed by atoms with van der Waals surface area (Å²) in [4.78, 5) is 0.